The molecule has 0 aliphatic rings. The summed E-state index contributed by atoms with van der Waals surface area (Å²) in [6.07, 6.45) is 0. The molecule has 0 radical (unpaired) electrons. The van der Waals surface area contributed by atoms with Gasteiger partial charge in [0.25, 0.3) is 0 Å². The van der Waals surface area contributed by atoms with Gasteiger partial charge in [-0.25, -0.2) is 4.39 Å². The van der Waals surface area contributed by atoms with Crippen LogP contribution in [0.25, 0.3) is 5.83 Å². The van der Waals surface area contributed by atoms with E-state index >= 15 is 0 Å². The summed E-state index contributed by atoms with van der Waals surface area (Å²) in [5.41, 5.74) is 0.793. The van der Waals surface area contributed by atoms with Crippen LogP contribution < -0.4 is 4.74 Å². The average Bonchev–Trinajstić information content (AvgIpc) is 2.48. The molecule has 5 nitrogen and oxygen atoms in total. The first-order valence-electron chi connectivity index (χ1n) is 6.92. The molecule has 0 spiro atoms. The van der Waals surface area contributed by atoms with Crippen LogP contribution in [0.15, 0.2) is 49.0 Å². The number of nitrogens with zero attached hydrogens (tertiary/aromatic N) is 2. The van der Waals surface area contributed by atoms with Gasteiger partial charge < -0.3 is 9.64 Å². The van der Waals surface area contributed by atoms with Crippen molar-refractivity contribution in [3.05, 3.63) is 70.3 Å². The number of nitro benzene ring substituents is 1. The Morgan fingerprint density at radius 2 is 1.96 bits per heavy atom. The van der Waals surface area contributed by atoms with Crippen LogP contribution in [-0.4, -0.2) is 23.9 Å². The van der Waals surface area contributed by atoms with Crippen molar-refractivity contribution in [1.82, 2.24) is 4.90 Å². The van der Waals surface area contributed by atoms with Crippen molar-refractivity contribution < 1.29 is 14.1 Å². The highest BCUT2D eigenvalue weighted by Crippen LogP contribution is 2.35. The molecule has 0 N–H and O–H groups in total. The molecule has 23 heavy (non-hydrogen) atoms. The van der Waals surface area contributed by atoms with Crippen molar-refractivity contribution in [3.63, 3.8) is 0 Å². The predicted octanol–water partition coefficient (Wildman–Crippen LogP) is 4.39. The van der Waals surface area contributed by atoms with Crippen molar-refractivity contribution in [3.8, 4) is 11.5 Å². The standard InChI is InChI=1S/C17H17FN2O3/c1-12(18)13-8-9-15(20(21)22)17(10-13)23-16-7-5-4-6-14(16)11-19(2)3/h4-10H,1,11H2,2-3H3. The fourth-order valence-electron chi connectivity index (χ4n) is 2.11. The molecule has 0 aliphatic carbocycles. The Kier molecular flexibility index (Phi) is 5.08. The van der Waals surface area contributed by atoms with Crippen molar-refractivity contribution >= 4 is 11.5 Å². The summed E-state index contributed by atoms with van der Waals surface area (Å²) in [5.74, 6) is -0.199. The Morgan fingerprint density at radius 1 is 1.26 bits per heavy atom. The summed E-state index contributed by atoms with van der Waals surface area (Å²) in [4.78, 5) is 12.6. The Balaban J connectivity index is 2.45. The van der Waals surface area contributed by atoms with Gasteiger partial charge in [0.2, 0.25) is 5.75 Å². The molecule has 0 atom stereocenters. The van der Waals surface area contributed by atoms with Crippen LogP contribution in [0.3, 0.4) is 0 Å². The molecule has 0 unspecified atom stereocenters. The highest BCUT2D eigenvalue weighted by Gasteiger charge is 2.18. The second kappa shape index (κ2) is 7.02. The third kappa shape index (κ3) is 4.14. The molecule has 2 aromatic rings. The summed E-state index contributed by atoms with van der Waals surface area (Å²) in [6, 6.07) is 11.0. The number of nitro groups is 1. The van der Waals surface area contributed by atoms with Crippen LogP contribution in [0, 0.1) is 10.1 Å². The molecule has 0 bridgehead atoms. The van der Waals surface area contributed by atoms with Crippen LogP contribution in [-0.2, 0) is 6.54 Å². The number of para-hydroxylation sites is 1. The molecule has 0 fully saturated rings. The number of hydrogen-bond donors (Lipinski definition) is 0. The Hall–Kier alpha value is -2.73. The predicted molar refractivity (Wildman–Crippen MR) is 87.1 cm³/mol. The van der Waals surface area contributed by atoms with Gasteiger partial charge in [-0.05, 0) is 32.3 Å². The van der Waals surface area contributed by atoms with E-state index in [1.165, 1.54) is 18.2 Å². The Labute approximate surface area is 133 Å². The third-order valence-corrected chi connectivity index (χ3v) is 3.15. The molecule has 0 saturated carbocycles. The minimum absolute atomic E-state index is 0.0162. The maximum atomic E-state index is 13.3. The normalized spacial score (nSPS) is 10.6. The first-order valence-corrected chi connectivity index (χ1v) is 6.92. The maximum Gasteiger partial charge on any atom is 0.311 e. The lowest BCUT2D eigenvalue weighted by atomic mass is 10.1. The molecule has 0 aliphatic heterocycles. The van der Waals surface area contributed by atoms with Gasteiger partial charge in [-0.1, -0.05) is 24.8 Å². The van der Waals surface area contributed by atoms with Crippen LogP contribution >= 0.6 is 0 Å². The maximum absolute atomic E-state index is 13.3. The first kappa shape index (κ1) is 16.6. The SMILES string of the molecule is C=C(F)c1ccc([N+](=O)[O-])c(Oc2ccccc2CN(C)C)c1. The van der Waals surface area contributed by atoms with Crippen molar-refractivity contribution in [1.29, 1.82) is 0 Å². The second-order valence-electron chi connectivity index (χ2n) is 5.29. The van der Waals surface area contributed by atoms with E-state index in [1.54, 1.807) is 12.1 Å². The fourth-order valence-corrected chi connectivity index (χ4v) is 2.11. The Bertz CT molecular complexity index is 744. The van der Waals surface area contributed by atoms with Crippen LogP contribution in [0.4, 0.5) is 10.1 Å². The zero-order chi connectivity index (χ0) is 17.0. The number of halogens is 1. The van der Waals surface area contributed by atoms with Gasteiger partial charge in [0.15, 0.2) is 0 Å². The van der Waals surface area contributed by atoms with E-state index in [9.17, 15) is 14.5 Å². The topological polar surface area (TPSA) is 55.6 Å². The van der Waals surface area contributed by atoms with Gasteiger partial charge in [-0.15, -0.1) is 0 Å². The minimum atomic E-state index is -0.675. The summed E-state index contributed by atoms with van der Waals surface area (Å²) in [6.45, 7) is 3.82. The van der Waals surface area contributed by atoms with Gasteiger partial charge in [-0.3, -0.25) is 10.1 Å². The minimum Gasteiger partial charge on any atom is -0.450 e. The largest absolute Gasteiger partial charge is 0.450 e. The van der Waals surface area contributed by atoms with Gasteiger partial charge in [-0.2, -0.15) is 0 Å². The highest BCUT2D eigenvalue weighted by atomic mass is 19.1. The van der Waals surface area contributed by atoms with E-state index in [2.05, 4.69) is 6.58 Å². The number of benzene rings is 2. The zero-order valence-corrected chi connectivity index (χ0v) is 13.0. The van der Waals surface area contributed by atoms with E-state index in [4.69, 9.17) is 4.74 Å². The molecule has 120 valence electrons. The van der Waals surface area contributed by atoms with Crippen LogP contribution in [0.5, 0.6) is 11.5 Å². The van der Waals surface area contributed by atoms with E-state index in [0.29, 0.717) is 12.3 Å². The lowest BCUT2D eigenvalue weighted by Crippen LogP contribution is -2.11. The quantitative estimate of drug-likeness (QED) is 0.586. The molecular weight excluding hydrogens is 299 g/mol. The summed E-state index contributed by atoms with van der Waals surface area (Å²) in [7, 11) is 3.82. The van der Waals surface area contributed by atoms with Gasteiger partial charge in [0.05, 0.1) is 4.92 Å². The summed E-state index contributed by atoms with van der Waals surface area (Å²) >= 11 is 0. The molecule has 2 aromatic carbocycles. The average molecular weight is 316 g/mol. The van der Waals surface area contributed by atoms with E-state index in [0.717, 1.165) is 5.56 Å². The van der Waals surface area contributed by atoms with Crippen molar-refractivity contribution in [2.45, 2.75) is 6.54 Å². The van der Waals surface area contributed by atoms with E-state index < -0.39 is 10.8 Å². The van der Waals surface area contributed by atoms with Crippen molar-refractivity contribution in [2.24, 2.45) is 0 Å². The number of hydrogen-bond acceptors (Lipinski definition) is 4. The molecule has 0 saturated heterocycles. The summed E-state index contributed by atoms with van der Waals surface area (Å²) < 4.78 is 19.0. The smallest absolute Gasteiger partial charge is 0.311 e. The third-order valence-electron chi connectivity index (χ3n) is 3.15. The highest BCUT2D eigenvalue weighted by molar-refractivity contribution is 5.63. The zero-order valence-electron chi connectivity index (χ0n) is 13.0. The van der Waals surface area contributed by atoms with E-state index in [-0.39, 0.29) is 17.0 Å². The van der Waals surface area contributed by atoms with Crippen LogP contribution in [0.1, 0.15) is 11.1 Å². The molecule has 0 heterocycles. The molecular formula is C17H17FN2O3. The molecule has 0 aromatic heterocycles. The lowest BCUT2D eigenvalue weighted by molar-refractivity contribution is -0.385. The fraction of sp³-hybridized carbons (Fsp3) is 0.176. The molecule has 2 rings (SSSR count). The molecule has 6 heteroatoms. The van der Waals surface area contributed by atoms with Crippen LogP contribution in [0.2, 0.25) is 0 Å². The number of rotatable bonds is 6. The monoisotopic (exact) mass is 316 g/mol. The lowest BCUT2D eigenvalue weighted by Gasteiger charge is -2.15. The Morgan fingerprint density at radius 3 is 2.57 bits per heavy atom. The summed E-state index contributed by atoms with van der Waals surface area (Å²) in [5, 5.41) is 11.2. The van der Waals surface area contributed by atoms with Gasteiger partial charge >= 0.3 is 5.69 Å². The van der Waals surface area contributed by atoms with Gasteiger partial charge in [0, 0.05) is 23.7 Å². The van der Waals surface area contributed by atoms with Gasteiger partial charge in [0.1, 0.15) is 11.6 Å². The molecule has 0 amide bonds. The van der Waals surface area contributed by atoms with E-state index in [1.807, 2.05) is 31.1 Å². The number of ether oxygens (including phenoxy) is 1. The second-order valence-corrected chi connectivity index (χ2v) is 5.29. The first-order chi connectivity index (χ1) is 10.9. The van der Waals surface area contributed by atoms with Crippen molar-refractivity contribution in [2.75, 3.05) is 14.1 Å².